The molecule has 6 heteroatoms. The normalized spacial score (nSPS) is 10.2. The quantitative estimate of drug-likeness (QED) is 0.622. The standard InChI is InChI=1S/C18H19NO5/c1-12-16(8-10-23-12)18(22)24-11-17(21)15-5-3-14(4-6-15)7-9-19-13(2)20/h3-6,8,10H,7,9,11H2,1-2H3,(H,19,20). The van der Waals surface area contributed by atoms with Crippen LogP contribution in [0, 0.1) is 6.92 Å². The largest absolute Gasteiger partial charge is 0.469 e. The summed E-state index contributed by atoms with van der Waals surface area (Å²) in [6.45, 7) is 3.34. The molecule has 1 aromatic heterocycles. The van der Waals surface area contributed by atoms with Gasteiger partial charge >= 0.3 is 5.97 Å². The van der Waals surface area contributed by atoms with Crippen LogP contribution in [0.15, 0.2) is 41.0 Å². The molecule has 0 aliphatic carbocycles. The summed E-state index contributed by atoms with van der Waals surface area (Å²) in [6.07, 6.45) is 2.08. The molecule has 0 bridgehead atoms. The number of aryl methyl sites for hydroxylation is 1. The molecule has 0 fully saturated rings. The van der Waals surface area contributed by atoms with Crippen molar-refractivity contribution < 1.29 is 23.5 Å². The Hall–Kier alpha value is -2.89. The molecule has 2 rings (SSSR count). The van der Waals surface area contributed by atoms with Crippen LogP contribution in [0.25, 0.3) is 0 Å². The van der Waals surface area contributed by atoms with E-state index in [1.54, 1.807) is 19.1 Å². The molecule has 126 valence electrons. The summed E-state index contributed by atoms with van der Waals surface area (Å²) in [5, 5.41) is 2.71. The highest BCUT2D eigenvalue weighted by Crippen LogP contribution is 2.11. The number of rotatable bonds is 7. The maximum atomic E-state index is 12.1. The van der Waals surface area contributed by atoms with E-state index >= 15 is 0 Å². The molecule has 6 nitrogen and oxygen atoms in total. The first kappa shape index (κ1) is 17.5. The molecule has 0 spiro atoms. The molecule has 24 heavy (non-hydrogen) atoms. The van der Waals surface area contributed by atoms with Gasteiger partial charge in [-0.3, -0.25) is 9.59 Å². The second-order valence-corrected chi connectivity index (χ2v) is 5.32. The minimum Gasteiger partial charge on any atom is -0.469 e. The van der Waals surface area contributed by atoms with Crippen molar-refractivity contribution in [2.24, 2.45) is 0 Å². The van der Waals surface area contributed by atoms with Crippen molar-refractivity contribution in [2.75, 3.05) is 13.2 Å². The van der Waals surface area contributed by atoms with Crippen molar-refractivity contribution in [3.8, 4) is 0 Å². The molecule has 0 saturated heterocycles. The van der Waals surface area contributed by atoms with Crippen molar-refractivity contribution in [3.63, 3.8) is 0 Å². The van der Waals surface area contributed by atoms with Crippen LogP contribution >= 0.6 is 0 Å². The Kier molecular flexibility index (Phi) is 5.89. The summed E-state index contributed by atoms with van der Waals surface area (Å²) in [4.78, 5) is 34.7. The predicted molar refractivity (Wildman–Crippen MR) is 86.9 cm³/mol. The van der Waals surface area contributed by atoms with E-state index < -0.39 is 5.97 Å². The number of Topliss-reactive ketones (excluding diaryl/α,β-unsaturated/α-hetero) is 1. The van der Waals surface area contributed by atoms with Gasteiger partial charge in [-0.15, -0.1) is 0 Å². The number of carbonyl (C=O) groups excluding carboxylic acids is 3. The van der Waals surface area contributed by atoms with Gasteiger partial charge in [-0.2, -0.15) is 0 Å². The summed E-state index contributed by atoms with van der Waals surface area (Å²) in [5.74, 6) is -0.480. The van der Waals surface area contributed by atoms with Gasteiger partial charge < -0.3 is 14.5 Å². The topological polar surface area (TPSA) is 85.6 Å². The third kappa shape index (κ3) is 4.81. The average Bonchev–Trinajstić information content (AvgIpc) is 2.99. The van der Waals surface area contributed by atoms with E-state index in [4.69, 9.17) is 9.15 Å². The monoisotopic (exact) mass is 329 g/mol. The van der Waals surface area contributed by atoms with Crippen LogP contribution in [0.1, 0.15) is 39.0 Å². The summed E-state index contributed by atoms with van der Waals surface area (Å²) >= 11 is 0. The Morgan fingerprint density at radius 1 is 1.12 bits per heavy atom. The fourth-order valence-electron chi connectivity index (χ4n) is 2.13. The number of hydrogen-bond donors (Lipinski definition) is 1. The molecular weight excluding hydrogens is 310 g/mol. The van der Waals surface area contributed by atoms with Crippen LogP contribution < -0.4 is 5.32 Å². The predicted octanol–water partition coefficient (Wildman–Crippen LogP) is 2.31. The van der Waals surface area contributed by atoms with Gasteiger partial charge in [-0.25, -0.2) is 4.79 Å². The number of carbonyl (C=O) groups is 3. The van der Waals surface area contributed by atoms with E-state index in [0.29, 0.717) is 29.9 Å². The van der Waals surface area contributed by atoms with E-state index in [2.05, 4.69) is 5.32 Å². The van der Waals surface area contributed by atoms with E-state index in [9.17, 15) is 14.4 Å². The van der Waals surface area contributed by atoms with Gasteiger partial charge in [0.1, 0.15) is 11.3 Å². The first-order valence-corrected chi connectivity index (χ1v) is 7.55. The molecule has 1 aromatic carbocycles. The van der Waals surface area contributed by atoms with Gasteiger partial charge in [0.25, 0.3) is 0 Å². The van der Waals surface area contributed by atoms with Gasteiger partial charge in [-0.1, -0.05) is 24.3 Å². The summed E-state index contributed by atoms with van der Waals surface area (Å²) in [6, 6.07) is 8.50. The first-order chi connectivity index (χ1) is 11.5. The molecule has 1 heterocycles. The molecule has 0 unspecified atom stereocenters. The molecule has 0 atom stereocenters. The molecule has 0 radical (unpaired) electrons. The molecule has 1 amide bonds. The molecule has 2 aromatic rings. The number of ketones is 1. The number of esters is 1. The SMILES string of the molecule is CC(=O)NCCc1ccc(C(=O)COC(=O)c2ccoc2C)cc1. The Morgan fingerprint density at radius 2 is 1.83 bits per heavy atom. The van der Waals surface area contributed by atoms with E-state index in [1.165, 1.54) is 19.3 Å². The van der Waals surface area contributed by atoms with Crippen molar-refractivity contribution in [3.05, 3.63) is 59.0 Å². The van der Waals surface area contributed by atoms with Crippen molar-refractivity contribution in [1.29, 1.82) is 0 Å². The fourth-order valence-corrected chi connectivity index (χ4v) is 2.13. The zero-order valence-corrected chi connectivity index (χ0v) is 13.6. The number of benzene rings is 1. The molecular formula is C18H19NO5. The number of nitrogens with one attached hydrogen (secondary N) is 1. The molecule has 0 saturated carbocycles. The lowest BCUT2D eigenvalue weighted by atomic mass is 10.1. The van der Waals surface area contributed by atoms with Crippen molar-refractivity contribution >= 4 is 17.7 Å². The zero-order valence-electron chi connectivity index (χ0n) is 13.6. The fraction of sp³-hybridized carbons (Fsp3) is 0.278. The maximum absolute atomic E-state index is 12.1. The van der Waals surface area contributed by atoms with Crippen molar-refractivity contribution in [1.82, 2.24) is 5.32 Å². The van der Waals surface area contributed by atoms with E-state index in [0.717, 1.165) is 5.56 Å². The maximum Gasteiger partial charge on any atom is 0.342 e. The number of ether oxygens (including phenoxy) is 1. The smallest absolute Gasteiger partial charge is 0.342 e. The van der Waals surface area contributed by atoms with E-state index in [1.807, 2.05) is 12.1 Å². The highest BCUT2D eigenvalue weighted by atomic mass is 16.5. The van der Waals surface area contributed by atoms with Gasteiger partial charge in [0, 0.05) is 19.0 Å². The van der Waals surface area contributed by atoms with Gasteiger partial charge in [0.2, 0.25) is 5.91 Å². The van der Waals surface area contributed by atoms with Crippen LogP contribution in [0.4, 0.5) is 0 Å². The first-order valence-electron chi connectivity index (χ1n) is 7.55. The van der Waals surface area contributed by atoms with Crippen molar-refractivity contribution in [2.45, 2.75) is 20.3 Å². The highest BCUT2D eigenvalue weighted by Gasteiger charge is 2.15. The van der Waals surface area contributed by atoms with Crippen LogP contribution in [0.2, 0.25) is 0 Å². The number of furan rings is 1. The zero-order chi connectivity index (χ0) is 17.5. The van der Waals surface area contributed by atoms with Gasteiger partial charge in [0.15, 0.2) is 12.4 Å². The summed E-state index contributed by atoms with van der Waals surface area (Å²) < 4.78 is 10.0. The Morgan fingerprint density at radius 3 is 2.42 bits per heavy atom. The Labute approximate surface area is 139 Å². The third-order valence-electron chi connectivity index (χ3n) is 3.48. The minimum absolute atomic E-state index is 0.0727. The summed E-state index contributed by atoms with van der Waals surface area (Å²) in [5.41, 5.74) is 1.79. The molecule has 0 aliphatic heterocycles. The average molecular weight is 329 g/mol. The number of hydrogen-bond acceptors (Lipinski definition) is 5. The Bertz CT molecular complexity index is 730. The summed E-state index contributed by atoms with van der Waals surface area (Å²) in [7, 11) is 0. The number of amides is 1. The lowest BCUT2D eigenvalue weighted by Crippen LogP contribution is -2.22. The Balaban J connectivity index is 1.85. The molecule has 0 aliphatic rings. The lowest BCUT2D eigenvalue weighted by molar-refractivity contribution is -0.118. The third-order valence-corrected chi connectivity index (χ3v) is 3.48. The highest BCUT2D eigenvalue weighted by molar-refractivity contribution is 5.99. The van der Waals surface area contributed by atoms with Crippen LogP contribution in [-0.2, 0) is 16.0 Å². The minimum atomic E-state index is -0.582. The van der Waals surface area contributed by atoms with Gasteiger partial charge in [-0.05, 0) is 25.0 Å². The van der Waals surface area contributed by atoms with Crippen LogP contribution in [-0.4, -0.2) is 30.8 Å². The second-order valence-electron chi connectivity index (χ2n) is 5.32. The van der Waals surface area contributed by atoms with E-state index in [-0.39, 0.29) is 18.3 Å². The molecule has 1 N–H and O–H groups in total. The second kappa shape index (κ2) is 8.10. The van der Waals surface area contributed by atoms with Crippen LogP contribution in [0.5, 0.6) is 0 Å². The lowest BCUT2D eigenvalue weighted by Gasteiger charge is -2.06. The van der Waals surface area contributed by atoms with Crippen LogP contribution in [0.3, 0.4) is 0 Å². The van der Waals surface area contributed by atoms with Gasteiger partial charge in [0.05, 0.1) is 6.26 Å².